The van der Waals surface area contributed by atoms with Crippen molar-refractivity contribution in [2.75, 3.05) is 12.0 Å². The van der Waals surface area contributed by atoms with Crippen LogP contribution in [0, 0.1) is 0 Å². The van der Waals surface area contributed by atoms with Crippen molar-refractivity contribution in [3.63, 3.8) is 0 Å². The van der Waals surface area contributed by atoms with Gasteiger partial charge in [-0.3, -0.25) is 14.5 Å². The number of nitrogens with zero attached hydrogens (tertiary/aromatic N) is 1. The van der Waals surface area contributed by atoms with Gasteiger partial charge in [-0.15, -0.1) is 0 Å². The standard InChI is InChI=1S/C24H17BrClNO5/c1-32-19-10-9-16(12-18(19)26)27-21(14-3-2-4-17(28)11-14)20(23(30)24(27)31)22(29)13-5-7-15(25)8-6-13/h2-12,21,28-29H,1H3/b22-20+. The van der Waals surface area contributed by atoms with E-state index >= 15 is 0 Å². The number of amides is 1. The van der Waals surface area contributed by atoms with Crippen molar-refractivity contribution < 1.29 is 24.5 Å². The zero-order valence-corrected chi connectivity index (χ0v) is 19.1. The number of methoxy groups -OCH3 is 1. The van der Waals surface area contributed by atoms with Crippen LogP contribution in [-0.2, 0) is 9.59 Å². The summed E-state index contributed by atoms with van der Waals surface area (Å²) in [6, 6.07) is 16.6. The predicted molar refractivity (Wildman–Crippen MR) is 125 cm³/mol. The van der Waals surface area contributed by atoms with E-state index in [1.165, 1.54) is 30.2 Å². The van der Waals surface area contributed by atoms with Gasteiger partial charge in [0.2, 0.25) is 0 Å². The fraction of sp³-hybridized carbons (Fsp3) is 0.0833. The summed E-state index contributed by atoms with van der Waals surface area (Å²) in [5.74, 6) is -1.60. The second-order valence-corrected chi connectivity index (χ2v) is 8.41. The highest BCUT2D eigenvalue weighted by Crippen LogP contribution is 2.44. The van der Waals surface area contributed by atoms with E-state index in [0.29, 0.717) is 22.6 Å². The number of rotatable bonds is 4. The summed E-state index contributed by atoms with van der Waals surface area (Å²) >= 11 is 9.60. The Morgan fingerprint density at radius 3 is 2.41 bits per heavy atom. The molecular formula is C24H17BrClNO5. The van der Waals surface area contributed by atoms with Gasteiger partial charge in [-0.05, 0) is 48.0 Å². The van der Waals surface area contributed by atoms with Gasteiger partial charge in [-0.25, -0.2) is 0 Å². The summed E-state index contributed by atoms with van der Waals surface area (Å²) in [5.41, 5.74) is 1.09. The predicted octanol–water partition coefficient (Wildman–Crippen LogP) is 5.44. The van der Waals surface area contributed by atoms with Crippen LogP contribution in [0.4, 0.5) is 5.69 Å². The molecule has 1 fully saturated rings. The molecule has 4 rings (SSSR count). The lowest BCUT2D eigenvalue weighted by Crippen LogP contribution is -2.29. The highest BCUT2D eigenvalue weighted by molar-refractivity contribution is 9.10. The SMILES string of the molecule is COc1ccc(N2C(=O)C(=O)/C(=C(/O)c3ccc(Br)cc3)C2c2cccc(O)c2)cc1Cl. The number of phenolic OH excluding ortho intramolecular Hbond substituents is 1. The van der Waals surface area contributed by atoms with E-state index in [-0.39, 0.29) is 22.1 Å². The molecule has 6 nitrogen and oxygen atoms in total. The first-order valence-electron chi connectivity index (χ1n) is 9.51. The Morgan fingerprint density at radius 1 is 1.06 bits per heavy atom. The second kappa shape index (κ2) is 8.68. The maximum absolute atomic E-state index is 13.1. The van der Waals surface area contributed by atoms with Crippen molar-refractivity contribution in [2.45, 2.75) is 6.04 Å². The largest absolute Gasteiger partial charge is 0.508 e. The molecule has 8 heteroatoms. The molecule has 1 aliphatic rings. The Balaban J connectivity index is 1.95. The van der Waals surface area contributed by atoms with Gasteiger partial charge in [0.25, 0.3) is 11.7 Å². The number of phenols is 1. The Labute approximate surface area is 197 Å². The molecule has 1 heterocycles. The minimum atomic E-state index is -0.977. The normalized spacial score (nSPS) is 17.6. The summed E-state index contributed by atoms with van der Waals surface area (Å²) in [4.78, 5) is 27.5. The second-order valence-electron chi connectivity index (χ2n) is 7.09. The zero-order chi connectivity index (χ0) is 23.0. The first-order valence-corrected chi connectivity index (χ1v) is 10.7. The lowest BCUT2D eigenvalue weighted by Gasteiger charge is -2.26. The maximum atomic E-state index is 13.1. The molecule has 32 heavy (non-hydrogen) atoms. The fourth-order valence-corrected chi connectivity index (χ4v) is 4.19. The Morgan fingerprint density at radius 2 is 1.78 bits per heavy atom. The van der Waals surface area contributed by atoms with Crippen LogP contribution in [0.3, 0.4) is 0 Å². The van der Waals surface area contributed by atoms with E-state index < -0.39 is 17.7 Å². The molecule has 1 saturated heterocycles. The van der Waals surface area contributed by atoms with Gasteiger partial charge in [0.1, 0.15) is 17.3 Å². The number of ether oxygens (including phenoxy) is 1. The van der Waals surface area contributed by atoms with Crippen molar-refractivity contribution in [1.82, 2.24) is 0 Å². The number of ketones is 1. The van der Waals surface area contributed by atoms with Gasteiger partial charge in [0, 0.05) is 15.7 Å². The van der Waals surface area contributed by atoms with Crippen LogP contribution in [0.1, 0.15) is 17.2 Å². The van der Waals surface area contributed by atoms with Crippen LogP contribution in [0.25, 0.3) is 5.76 Å². The van der Waals surface area contributed by atoms with Gasteiger partial charge in [-0.2, -0.15) is 0 Å². The van der Waals surface area contributed by atoms with Gasteiger partial charge in [-0.1, -0.05) is 51.8 Å². The molecule has 0 spiro atoms. The minimum absolute atomic E-state index is 0.0375. The van der Waals surface area contributed by atoms with Crippen LogP contribution < -0.4 is 9.64 Å². The average Bonchev–Trinajstić information content (AvgIpc) is 3.04. The first-order chi connectivity index (χ1) is 15.3. The zero-order valence-electron chi connectivity index (χ0n) is 16.8. The van der Waals surface area contributed by atoms with Crippen molar-refractivity contribution in [3.05, 3.63) is 92.9 Å². The smallest absolute Gasteiger partial charge is 0.300 e. The van der Waals surface area contributed by atoms with E-state index in [4.69, 9.17) is 16.3 Å². The molecule has 3 aromatic carbocycles. The maximum Gasteiger partial charge on any atom is 0.300 e. The number of hydrogen-bond acceptors (Lipinski definition) is 5. The third kappa shape index (κ3) is 3.85. The van der Waals surface area contributed by atoms with Gasteiger partial charge < -0.3 is 14.9 Å². The molecule has 2 N–H and O–H groups in total. The first kappa shape index (κ1) is 21.9. The number of hydrogen-bond donors (Lipinski definition) is 2. The highest BCUT2D eigenvalue weighted by Gasteiger charge is 2.47. The summed E-state index contributed by atoms with van der Waals surface area (Å²) < 4.78 is 5.97. The fourth-order valence-electron chi connectivity index (χ4n) is 3.68. The lowest BCUT2D eigenvalue weighted by molar-refractivity contribution is -0.132. The number of benzene rings is 3. The summed E-state index contributed by atoms with van der Waals surface area (Å²) in [6.07, 6.45) is 0. The summed E-state index contributed by atoms with van der Waals surface area (Å²) in [6.45, 7) is 0. The van der Waals surface area contributed by atoms with E-state index in [1.54, 1.807) is 48.5 Å². The van der Waals surface area contributed by atoms with Crippen molar-refractivity contribution in [2.24, 2.45) is 0 Å². The van der Waals surface area contributed by atoms with Crippen LogP contribution in [0.2, 0.25) is 5.02 Å². The number of anilines is 1. The van der Waals surface area contributed by atoms with E-state index in [1.807, 2.05) is 0 Å². The third-order valence-corrected chi connectivity index (χ3v) is 5.99. The molecule has 1 amide bonds. The average molecular weight is 515 g/mol. The Kier molecular flexibility index (Phi) is 5.95. The molecule has 162 valence electrons. The highest BCUT2D eigenvalue weighted by atomic mass is 79.9. The molecule has 1 unspecified atom stereocenters. The number of aliphatic hydroxyl groups excluding tert-OH is 1. The van der Waals surface area contributed by atoms with Crippen molar-refractivity contribution in [3.8, 4) is 11.5 Å². The molecule has 0 radical (unpaired) electrons. The van der Waals surface area contributed by atoms with E-state index in [2.05, 4.69) is 15.9 Å². The monoisotopic (exact) mass is 513 g/mol. The summed E-state index contributed by atoms with van der Waals surface area (Å²) in [7, 11) is 1.47. The molecule has 3 aromatic rings. The van der Waals surface area contributed by atoms with Crippen LogP contribution in [0.5, 0.6) is 11.5 Å². The van der Waals surface area contributed by atoms with Crippen LogP contribution in [-0.4, -0.2) is 29.0 Å². The third-order valence-electron chi connectivity index (χ3n) is 5.16. The minimum Gasteiger partial charge on any atom is -0.508 e. The van der Waals surface area contributed by atoms with Crippen LogP contribution in [0.15, 0.2) is 76.8 Å². The summed E-state index contributed by atoms with van der Waals surface area (Å²) in [5, 5.41) is 21.4. The quantitative estimate of drug-likeness (QED) is 0.275. The van der Waals surface area contributed by atoms with Crippen LogP contribution >= 0.6 is 27.5 Å². The number of aliphatic hydroxyl groups is 1. The Bertz CT molecular complexity index is 1260. The van der Waals surface area contributed by atoms with Crippen molar-refractivity contribution >= 4 is 50.7 Å². The molecule has 0 bridgehead atoms. The van der Waals surface area contributed by atoms with E-state index in [9.17, 15) is 19.8 Å². The molecular weight excluding hydrogens is 498 g/mol. The molecule has 1 aliphatic heterocycles. The number of Topliss-reactive ketones (excluding diaryl/α,β-unsaturated/α-hetero) is 1. The topological polar surface area (TPSA) is 87.1 Å². The van der Waals surface area contributed by atoms with Gasteiger partial charge in [0.05, 0.1) is 23.7 Å². The van der Waals surface area contributed by atoms with Gasteiger partial charge >= 0.3 is 0 Å². The molecule has 1 atom stereocenters. The number of halogens is 2. The van der Waals surface area contributed by atoms with Gasteiger partial charge in [0.15, 0.2) is 0 Å². The lowest BCUT2D eigenvalue weighted by atomic mass is 9.95. The molecule has 0 aromatic heterocycles. The number of carbonyl (C=O) groups is 2. The van der Waals surface area contributed by atoms with Crippen molar-refractivity contribution in [1.29, 1.82) is 0 Å². The Hall–Kier alpha value is -3.29. The van der Waals surface area contributed by atoms with E-state index in [0.717, 1.165) is 4.47 Å². The molecule has 0 aliphatic carbocycles. The number of carbonyl (C=O) groups excluding carboxylic acids is 2. The number of aromatic hydroxyl groups is 1. The molecule has 0 saturated carbocycles.